The first-order chi connectivity index (χ1) is 13.8. The predicted molar refractivity (Wildman–Crippen MR) is 100 cm³/mol. The van der Waals surface area contributed by atoms with E-state index in [9.17, 15) is 18.3 Å². The van der Waals surface area contributed by atoms with E-state index in [1.807, 2.05) is 0 Å². The third kappa shape index (κ3) is 3.44. The van der Waals surface area contributed by atoms with Crippen molar-refractivity contribution in [3.05, 3.63) is 71.3 Å². The minimum Gasteiger partial charge on any atom is -0.381 e. The van der Waals surface area contributed by atoms with E-state index >= 15 is 0 Å². The number of hydrogen-bond acceptors (Lipinski definition) is 5. The van der Waals surface area contributed by atoms with Crippen molar-refractivity contribution in [1.82, 2.24) is 19.8 Å². The van der Waals surface area contributed by atoms with Crippen molar-refractivity contribution in [2.24, 2.45) is 11.0 Å². The second-order valence-electron chi connectivity index (χ2n) is 7.05. The van der Waals surface area contributed by atoms with Gasteiger partial charge in [0.25, 0.3) is 0 Å². The Morgan fingerprint density at radius 1 is 1.31 bits per heavy atom. The van der Waals surface area contributed by atoms with E-state index in [1.165, 1.54) is 34.5 Å². The smallest absolute Gasteiger partial charge is 0.217 e. The number of allylic oxidation sites excluding steroid dienone is 2. The van der Waals surface area contributed by atoms with Crippen LogP contribution < -0.4 is 0 Å². The Morgan fingerprint density at radius 3 is 2.79 bits per heavy atom. The van der Waals surface area contributed by atoms with Gasteiger partial charge in [-0.25, -0.2) is 18.4 Å². The lowest BCUT2D eigenvalue weighted by atomic mass is 9.84. The van der Waals surface area contributed by atoms with Crippen LogP contribution in [0.25, 0.3) is 0 Å². The number of fused-ring (bicyclic) bond motifs is 1. The molecule has 2 aliphatic rings. The zero-order valence-electron chi connectivity index (χ0n) is 15.3. The first kappa shape index (κ1) is 19.7. The van der Waals surface area contributed by atoms with Gasteiger partial charge in [-0.3, -0.25) is 5.01 Å². The molecule has 0 radical (unpaired) electrons. The maximum atomic E-state index is 14.7. The van der Waals surface area contributed by atoms with Crippen LogP contribution in [0.5, 0.6) is 0 Å². The zero-order valence-corrected chi connectivity index (χ0v) is 16.0. The Balaban J connectivity index is 1.76. The van der Waals surface area contributed by atoms with E-state index in [0.29, 0.717) is 11.1 Å². The van der Waals surface area contributed by atoms with Crippen LogP contribution >= 0.6 is 11.6 Å². The summed E-state index contributed by atoms with van der Waals surface area (Å²) < 4.78 is 43.9. The average molecular weight is 424 g/mol. The topological polar surface area (TPSA) is 66.5 Å². The summed E-state index contributed by atoms with van der Waals surface area (Å²) in [7, 11) is 0. The van der Waals surface area contributed by atoms with Gasteiger partial charge < -0.3 is 5.11 Å². The summed E-state index contributed by atoms with van der Waals surface area (Å²) in [6.45, 7) is 1.38. The number of rotatable bonds is 5. The van der Waals surface area contributed by atoms with E-state index < -0.39 is 41.2 Å². The molecule has 4 rings (SSSR count). The molecule has 0 saturated heterocycles. The van der Waals surface area contributed by atoms with Crippen LogP contribution in [-0.2, 0) is 12.1 Å². The summed E-state index contributed by atoms with van der Waals surface area (Å²) in [5.74, 6) is -3.07. The molecule has 0 spiro atoms. The lowest BCUT2D eigenvalue weighted by Gasteiger charge is -2.41. The van der Waals surface area contributed by atoms with Gasteiger partial charge in [0.1, 0.15) is 29.9 Å². The van der Waals surface area contributed by atoms with Crippen LogP contribution in [0.4, 0.5) is 13.2 Å². The molecule has 0 saturated carbocycles. The van der Waals surface area contributed by atoms with Gasteiger partial charge in [0.15, 0.2) is 0 Å². The van der Waals surface area contributed by atoms with Crippen molar-refractivity contribution in [3.8, 4) is 0 Å². The lowest BCUT2D eigenvalue weighted by molar-refractivity contribution is -0.0687. The highest BCUT2D eigenvalue weighted by Crippen LogP contribution is 2.39. The van der Waals surface area contributed by atoms with Gasteiger partial charge in [-0.2, -0.15) is 9.49 Å². The third-order valence-corrected chi connectivity index (χ3v) is 5.56. The van der Waals surface area contributed by atoms with Crippen LogP contribution in [0, 0.1) is 17.6 Å². The molecule has 0 bridgehead atoms. The van der Waals surface area contributed by atoms with Crippen molar-refractivity contribution in [3.63, 3.8) is 0 Å². The Morgan fingerprint density at radius 2 is 2.10 bits per heavy atom. The summed E-state index contributed by atoms with van der Waals surface area (Å²) in [6, 6.07) is 1.45. The molecular weight excluding hydrogens is 407 g/mol. The molecule has 0 amide bonds. The van der Waals surface area contributed by atoms with Crippen molar-refractivity contribution < 1.29 is 18.3 Å². The summed E-state index contributed by atoms with van der Waals surface area (Å²) >= 11 is 5.97. The van der Waals surface area contributed by atoms with Gasteiger partial charge in [0.2, 0.25) is 5.97 Å². The first-order valence-electron chi connectivity index (χ1n) is 8.88. The maximum Gasteiger partial charge on any atom is 0.217 e. The van der Waals surface area contributed by atoms with Crippen LogP contribution in [-0.4, -0.2) is 42.9 Å². The molecule has 2 unspecified atom stereocenters. The van der Waals surface area contributed by atoms with Gasteiger partial charge in [-0.1, -0.05) is 29.8 Å². The molecule has 1 aliphatic heterocycles. The van der Waals surface area contributed by atoms with Gasteiger partial charge >= 0.3 is 0 Å². The van der Waals surface area contributed by atoms with Gasteiger partial charge in [-0.15, -0.1) is 5.10 Å². The number of nitrogens with zero attached hydrogens (tertiary/aromatic N) is 5. The average Bonchev–Trinajstić information content (AvgIpc) is 3.29. The summed E-state index contributed by atoms with van der Waals surface area (Å²) in [4.78, 5) is 3.83. The minimum absolute atomic E-state index is 0.158. The minimum atomic E-state index is -1.93. The normalized spacial score (nSPS) is 24.0. The molecule has 1 aromatic carbocycles. The Labute approximate surface area is 169 Å². The van der Waals surface area contributed by atoms with Crippen molar-refractivity contribution in [1.29, 1.82) is 0 Å². The van der Waals surface area contributed by atoms with Gasteiger partial charge in [0, 0.05) is 16.7 Å². The Kier molecular flexibility index (Phi) is 4.95. The molecule has 1 aromatic heterocycles. The largest absolute Gasteiger partial charge is 0.381 e. The first-order valence-corrected chi connectivity index (χ1v) is 9.25. The summed E-state index contributed by atoms with van der Waals surface area (Å²) in [6.07, 6.45) is 7.46. The zero-order chi connectivity index (χ0) is 20.8. The highest BCUT2D eigenvalue weighted by molar-refractivity contribution is 6.31. The molecule has 1 aliphatic carbocycles. The van der Waals surface area contributed by atoms with E-state index in [2.05, 4.69) is 15.2 Å². The fourth-order valence-corrected chi connectivity index (χ4v) is 3.96. The summed E-state index contributed by atoms with van der Waals surface area (Å²) in [5, 5.41) is 21.3. The molecule has 152 valence electrons. The molecule has 4 atom stereocenters. The van der Waals surface area contributed by atoms with Crippen LogP contribution in [0.3, 0.4) is 0 Å². The SMILES string of the molecule is C[C@@H](N1N=C(F)C2C=C(Cl)C=CC21)[C@](O)(Cn1cncn1)c1ccc(F)cc1F. The van der Waals surface area contributed by atoms with Crippen molar-refractivity contribution in [2.45, 2.75) is 31.2 Å². The van der Waals surface area contributed by atoms with Crippen molar-refractivity contribution >= 4 is 17.6 Å². The predicted octanol–water partition coefficient (Wildman–Crippen LogP) is 3.11. The lowest BCUT2D eigenvalue weighted by Crippen LogP contribution is -2.52. The Hall–Kier alpha value is -2.65. The second-order valence-corrected chi connectivity index (χ2v) is 7.48. The third-order valence-electron chi connectivity index (χ3n) is 5.31. The van der Waals surface area contributed by atoms with E-state index in [1.54, 1.807) is 19.1 Å². The molecule has 2 heterocycles. The number of hydrazone groups is 1. The fraction of sp³-hybridized carbons (Fsp3) is 0.316. The van der Waals surface area contributed by atoms with Crippen LogP contribution in [0.1, 0.15) is 12.5 Å². The highest BCUT2D eigenvalue weighted by atomic mass is 35.5. The van der Waals surface area contributed by atoms with E-state index in [0.717, 1.165) is 6.07 Å². The quantitative estimate of drug-likeness (QED) is 0.802. The van der Waals surface area contributed by atoms with E-state index in [4.69, 9.17) is 11.6 Å². The highest BCUT2D eigenvalue weighted by Gasteiger charge is 2.48. The monoisotopic (exact) mass is 423 g/mol. The number of aliphatic hydroxyl groups is 1. The van der Waals surface area contributed by atoms with E-state index in [-0.39, 0.29) is 12.1 Å². The standard InChI is InChI=1S/C19H17ClF3N5O/c1-11(28-17-5-2-12(20)6-14(17)18(23)26-28)19(29,8-27-10-24-9-25-27)15-4-3-13(21)7-16(15)22/h2-7,9-11,14,17,29H,8H2,1H3/t11-,14?,17?,19-/m1/s1. The van der Waals surface area contributed by atoms with Gasteiger partial charge in [0.05, 0.1) is 24.5 Å². The fourth-order valence-electron chi connectivity index (χ4n) is 3.75. The molecule has 2 aromatic rings. The van der Waals surface area contributed by atoms with Gasteiger partial charge in [-0.05, 0) is 19.1 Å². The van der Waals surface area contributed by atoms with Crippen molar-refractivity contribution in [2.75, 3.05) is 0 Å². The number of benzene rings is 1. The molecule has 0 fully saturated rings. The number of hydrogen-bond donors (Lipinski definition) is 1. The number of aromatic nitrogens is 3. The second kappa shape index (κ2) is 7.31. The Bertz CT molecular complexity index is 1010. The summed E-state index contributed by atoms with van der Waals surface area (Å²) in [5.41, 5.74) is -2.09. The number of halogens is 4. The van der Waals surface area contributed by atoms with Crippen LogP contribution in [0.2, 0.25) is 0 Å². The molecule has 1 N–H and O–H groups in total. The molecule has 29 heavy (non-hydrogen) atoms. The maximum absolute atomic E-state index is 14.7. The molecule has 10 heteroatoms. The van der Waals surface area contributed by atoms with Crippen LogP contribution in [0.15, 0.2) is 59.2 Å². The molecular formula is C19H17ClF3N5O. The molecule has 6 nitrogen and oxygen atoms in total.